The number of carbonyl (C=O) groups excluding carboxylic acids is 2. The van der Waals surface area contributed by atoms with Gasteiger partial charge in [-0.05, 0) is 69.4 Å². The first kappa shape index (κ1) is 28.9. The van der Waals surface area contributed by atoms with E-state index in [9.17, 15) is 22.8 Å². The molecule has 0 radical (unpaired) electrons. The van der Waals surface area contributed by atoms with Crippen LogP contribution in [0.4, 0.5) is 28.2 Å². The predicted octanol–water partition coefficient (Wildman–Crippen LogP) is 5.50. The number of nitrogens with one attached hydrogen (secondary N) is 2. The Kier molecular flexibility index (Phi) is 6.67. The van der Waals surface area contributed by atoms with Crippen LogP contribution in [0.5, 0.6) is 0 Å². The van der Waals surface area contributed by atoms with E-state index in [2.05, 4.69) is 30.8 Å². The number of nitrogens with zero attached hydrogens (tertiary/aromatic N) is 7. The number of anilines is 1. The van der Waals surface area contributed by atoms with Crippen LogP contribution >= 0.6 is 0 Å². The van der Waals surface area contributed by atoms with Crippen LogP contribution in [0.2, 0.25) is 0 Å². The molecular formula is C30H29F4N9O2. The normalized spacial score (nSPS) is 17.0. The molecule has 0 atom stereocenters. The molecule has 3 aromatic heterocycles. The standard InChI is InChI=1S/C30H29F4N9O2/c1-16(2)42-15-36-40-26(42)21-4-3-5-24(37-21)38-27(44)19-11-22-18(10-20(19)31)12-41(28(45)39-29(8-9-29)30(32,33)34)13-23-25(17-6-7-17)35-14-43(22)23/h3-5,10-11,14-17H,6-9,12-13H2,1-2H3,(H,39,45)(H,37,38,44). The van der Waals surface area contributed by atoms with Gasteiger partial charge in [-0.15, -0.1) is 10.2 Å². The van der Waals surface area contributed by atoms with Crippen LogP contribution < -0.4 is 10.6 Å². The van der Waals surface area contributed by atoms with Gasteiger partial charge in [0.05, 0.1) is 35.5 Å². The topological polar surface area (TPSA) is 123 Å². The van der Waals surface area contributed by atoms with Gasteiger partial charge in [-0.3, -0.25) is 4.79 Å². The molecule has 234 valence electrons. The van der Waals surface area contributed by atoms with Crippen molar-refractivity contribution >= 4 is 17.8 Å². The van der Waals surface area contributed by atoms with Crippen LogP contribution in [0.15, 0.2) is 43.0 Å². The summed E-state index contributed by atoms with van der Waals surface area (Å²) in [5, 5.41) is 12.9. The van der Waals surface area contributed by atoms with Gasteiger partial charge in [-0.1, -0.05) is 6.07 Å². The van der Waals surface area contributed by atoms with Gasteiger partial charge in [0.25, 0.3) is 5.91 Å². The molecule has 45 heavy (non-hydrogen) atoms. The monoisotopic (exact) mass is 623 g/mol. The lowest BCUT2D eigenvalue weighted by Crippen LogP contribution is -2.52. The van der Waals surface area contributed by atoms with Crippen LogP contribution in [0.3, 0.4) is 0 Å². The summed E-state index contributed by atoms with van der Waals surface area (Å²) in [5.41, 5.74) is 0.0346. The molecule has 0 bridgehead atoms. The second-order valence-corrected chi connectivity index (χ2v) is 12.1. The van der Waals surface area contributed by atoms with E-state index in [1.54, 1.807) is 35.4 Å². The van der Waals surface area contributed by atoms with Crippen molar-refractivity contribution in [1.29, 1.82) is 0 Å². The second kappa shape index (κ2) is 10.4. The first-order chi connectivity index (χ1) is 21.4. The Labute approximate surface area is 254 Å². The maximum atomic E-state index is 15.6. The van der Waals surface area contributed by atoms with Gasteiger partial charge in [0, 0.05) is 18.5 Å². The minimum absolute atomic E-state index is 0.0266. The molecule has 0 unspecified atom stereocenters. The number of urea groups is 1. The molecule has 3 aliphatic rings. The lowest BCUT2D eigenvalue weighted by molar-refractivity contribution is -0.163. The number of rotatable bonds is 6. The van der Waals surface area contributed by atoms with E-state index in [1.165, 1.54) is 11.0 Å². The summed E-state index contributed by atoms with van der Waals surface area (Å²) in [4.78, 5) is 36.9. The van der Waals surface area contributed by atoms with Crippen molar-refractivity contribution in [3.05, 3.63) is 71.3 Å². The summed E-state index contributed by atoms with van der Waals surface area (Å²) >= 11 is 0. The van der Waals surface area contributed by atoms with E-state index < -0.39 is 29.5 Å². The SMILES string of the molecule is CC(C)n1cnnc1-c1cccc(NC(=O)c2cc3c(cc2F)CN(C(=O)NC2(C(F)(F)F)CC2)Cc2c(C4CC4)ncn2-3)n1. The van der Waals surface area contributed by atoms with Crippen molar-refractivity contribution in [1.82, 2.24) is 39.5 Å². The van der Waals surface area contributed by atoms with E-state index in [-0.39, 0.29) is 49.3 Å². The summed E-state index contributed by atoms with van der Waals surface area (Å²) < 4.78 is 60.0. The molecule has 0 saturated heterocycles. The molecule has 11 nitrogen and oxygen atoms in total. The van der Waals surface area contributed by atoms with Gasteiger partial charge in [0.1, 0.15) is 29.2 Å². The number of pyridine rings is 1. The summed E-state index contributed by atoms with van der Waals surface area (Å²) in [7, 11) is 0. The largest absolute Gasteiger partial charge is 0.411 e. The van der Waals surface area contributed by atoms with Gasteiger partial charge in [0.15, 0.2) is 5.82 Å². The first-order valence-electron chi connectivity index (χ1n) is 14.6. The number of aromatic nitrogens is 6. The maximum absolute atomic E-state index is 15.6. The number of amides is 3. The maximum Gasteiger partial charge on any atom is 0.411 e. The molecule has 3 amide bonds. The van der Waals surface area contributed by atoms with Gasteiger partial charge in [0.2, 0.25) is 0 Å². The van der Waals surface area contributed by atoms with Gasteiger partial charge in [-0.2, -0.15) is 13.2 Å². The number of imidazole rings is 1. The fourth-order valence-electron chi connectivity index (χ4n) is 5.67. The quantitative estimate of drug-likeness (QED) is 0.274. The molecule has 4 heterocycles. The highest BCUT2D eigenvalue weighted by atomic mass is 19.4. The van der Waals surface area contributed by atoms with Crippen LogP contribution in [-0.4, -0.2) is 57.9 Å². The molecule has 15 heteroatoms. The second-order valence-electron chi connectivity index (χ2n) is 12.1. The fourth-order valence-corrected chi connectivity index (χ4v) is 5.67. The number of benzene rings is 1. The number of hydrogen-bond acceptors (Lipinski definition) is 6. The third-order valence-electron chi connectivity index (χ3n) is 8.51. The number of carbonyl (C=O) groups is 2. The molecule has 7 rings (SSSR count). The smallest absolute Gasteiger partial charge is 0.323 e. The summed E-state index contributed by atoms with van der Waals surface area (Å²) in [6.07, 6.45) is -0.0316. The molecule has 0 spiro atoms. The Hall–Kier alpha value is -4.82. The Morgan fingerprint density at radius 2 is 1.87 bits per heavy atom. The van der Waals surface area contributed by atoms with Crippen molar-refractivity contribution in [2.24, 2.45) is 0 Å². The van der Waals surface area contributed by atoms with Crippen molar-refractivity contribution in [3.8, 4) is 17.2 Å². The fraction of sp³-hybridized carbons (Fsp3) is 0.400. The summed E-state index contributed by atoms with van der Waals surface area (Å²) in [5.74, 6) is -0.768. The van der Waals surface area contributed by atoms with E-state index in [0.717, 1.165) is 24.6 Å². The molecule has 2 saturated carbocycles. The Morgan fingerprint density at radius 3 is 2.56 bits per heavy atom. The Morgan fingerprint density at radius 1 is 1.09 bits per heavy atom. The number of halogens is 4. The molecule has 2 aliphatic carbocycles. The number of fused-ring (bicyclic) bond motifs is 3. The van der Waals surface area contributed by atoms with Crippen LogP contribution in [0.1, 0.15) is 78.8 Å². The minimum Gasteiger partial charge on any atom is -0.323 e. The first-order valence-corrected chi connectivity index (χ1v) is 14.6. The van der Waals surface area contributed by atoms with Gasteiger partial charge >= 0.3 is 12.2 Å². The highest BCUT2D eigenvalue weighted by molar-refractivity contribution is 6.04. The lowest BCUT2D eigenvalue weighted by Gasteiger charge is -2.27. The number of alkyl halides is 3. The third-order valence-corrected chi connectivity index (χ3v) is 8.51. The molecule has 1 aromatic carbocycles. The average molecular weight is 624 g/mol. The molecule has 4 aromatic rings. The lowest BCUT2D eigenvalue weighted by atomic mass is 10.1. The number of hydrogen-bond donors (Lipinski definition) is 2. The van der Waals surface area contributed by atoms with Crippen molar-refractivity contribution in [3.63, 3.8) is 0 Å². The minimum atomic E-state index is -4.58. The summed E-state index contributed by atoms with van der Waals surface area (Å²) in [6, 6.07) is 6.67. The predicted molar refractivity (Wildman–Crippen MR) is 153 cm³/mol. The van der Waals surface area contributed by atoms with Crippen molar-refractivity contribution < 1.29 is 27.2 Å². The van der Waals surface area contributed by atoms with E-state index >= 15 is 4.39 Å². The van der Waals surface area contributed by atoms with Crippen molar-refractivity contribution in [2.75, 3.05) is 5.32 Å². The van der Waals surface area contributed by atoms with Crippen LogP contribution in [-0.2, 0) is 13.1 Å². The molecule has 2 N–H and O–H groups in total. The molecular weight excluding hydrogens is 594 g/mol. The Bertz CT molecular complexity index is 1820. The van der Waals surface area contributed by atoms with Crippen LogP contribution in [0.25, 0.3) is 17.2 Å². The summed E-state index contributed by atoms with van der Waals surface area (Å²) in [6.45, 7) is 3.74. The van der Waals surface area contributed by atoms with E-state index in [1.807, 2.05) is 18.4 Å². The van der Waals surface area contributed by atoms with E-state index in [0.29, 0.717) is 28.5 Å². The van der Waals surface area contributed by atoms with Gasteiger partial charge in [-0.25, -0.2) is 19.2 Å². The highest BCUT2D eigenvalue weighted by Gasteiger charge is 2.64. The average Bonchev–Trinajstić information content (AvgIpc) is 3.90. The zero-order valence-electron chi connectivity index (χ0n) is 24.4. The zero-order chi connectivity index (χ0) is 31.7. The molecule has 2 fully saturated rings. The Balaban J connectivity index is 1.20. The molecule has 1 aliphatic heterocycles. The van der Waals surface area contributed by atoms with Crippen LogP contribution in [0, 0.1) is 5.82 Å². The third kappa shape index (κ3) is 5.19. The van der Waals surface area contributed by atoms with Crippen molar-refractivity contribution in [2.45, 2.75) is 76.3 Å². The highest BCUT2D eigenvalue weighted by Crippen LogP contribution is 2.49. The van der Waals surface area contributed by atoms with Gasteiger partial charge < -0.3 is 24.7 Å². The zero-order valence-corrected chi connectivity index (χ0v) is 24.4. The van der Waals surface area contributed by atoms with E-state index in [4.69, 9.17) is 0 Å².